The molecule has 0 radical (unpaired) electrons. The molecule has 1 heterocycles. The second-order valence-electron chi connectivity index (χ2n) is 6.90. The first kappa shape index (κ1) is 21.3. The van der Waals surface area contributed by atoms with Crippen molar-refractivity contribution in [2.24, 2.45) is 4.99 Å². The number of aliphatic hydroxyl groups excluding tert-OH is 1. The maximum Gasteiger partial charge on any atom is 0.191 e. The van der Waals surface area contributed by atoms with Gasteiger partial charge in [-0.1, -0.05) is 30.3 Å². The van der Waals surface area contributed by atoms with Gasteiger partial charge in [0.15, 0.2) is 5.96 Å². The Balaban J connectivity index is 1.69. The van der Waals surface area contributed by atoms with Crippen LogP contribution in [0.2, 0.25) is 0 Å². The molecule has 0 aliphatic carbocycles. The van der Waals surface area contributed by atoms with E-state index in [1.165, 1.54) is 0 Å². The Labute approximate surface area is 177 Å². The van der Waals surface area contributed by atoms with Crippen molar-refractivity contribution in [2.75, 3.05) is 13.1 Å². The van der Waals surface area contributed by atoms with Crippen LogP contribution >= 0.6 is 0 Å². The summed E-state index contributed by atoms with van der Waals surface area (Å²) in [6.45, 7) is 5.56. The average Bonchev–Trinajstić information content (AvgIpc) is 2.78. The normalized spacial score (nSPS) is 12.3. The summed E-state index contributed by atoms with van der Waals surface area (Å²) >= 11 is 0. The summed E-state index contributed by atoms with van der Waals surface area (Å²) < 4.78 is 6.08. The molecule has 6 heteroatoms. The Morgan fingerprint density at radius 1 is 1.07 bits per heavy atom. The van der Waals surface area contributed by atoms with Gasteiger partial charge >= 0.3 is 0 Å². The smallest absolute Gasteiger partial charge is 0.191 e. The number of hydrogen-bond acceptors (Lipinski definition) is 4. The third-order valence-corrected chi connectivity index (χ3v) is 4.50. The molecule has 1 aromatic heterocycles. The van der Waals surface area contributed by atoms with Crippen LogP contribution in [0.25, 0.3) is 0 Å². The van der Waals surface area contributed by atoms with Crippen molar-refractivity contribution in [2.45, 2.75) is 26.5 Å². The van der Waals surface area contributed by atoms with Crippen molar-refractivity contribution in [1.82, 2.24) is 15.6 Å². The standard InChI is InChI=1S/C24H28N4O2/c1-3-26-24(28-17-22(29)19-11-13-25-14-12-19)27-16-20-10-9-18(2)15-23(20)30-21-7-5-4-6-8-21/h4-15,22,29H,3,16-17H2,1-2H3,(H2,26,27,28). The fourth-order valence-corrected chi connectivity index (χ4v) is 2.91. The second-order valence-corrected chi connectivity index (χ2v) is 6.90. The highest BCUT2D eigenvalue weighted by atomic mass is 16.5. The lowest BCUT2D eigenvalue weighted by atomic mass is 10.1. The van der Waals surface area contributed by atoms with Gasteiger partial charge in [0.25, 0.3) is 0 Å². The SMILES string of the molecule is CCNC(=NCc1ccc(C)cc1Oc1ccccc1)NCC(O)c1ccncc1. The minimum Gasteiger partial charge on any atom is -0.457 e. The van der Waals surface area contributed by atoms with Crippen LogP contribution in [0.3, 0.4) is 0 Å². The Kier molecular flexibility index (Phi) is 7.80. The molecule has 30 heavy (non-hydrogen) atoms. The molecule has 0 spiro atoms. The van der Waals surface area contributed by atoms with Crippen molar-refractivity contribution in [1.29, 1.82) is 0 Å². The molecule has 1 atom stereocenters. The molecule has 0 amide bonds. The predicted molar refractivity (Wildman–Crippen MR) is 120 cm³/mol. The molecule has 0 saturated heterocycles. The minimum atomic E-state index is -0.645. The molecule has 0 saturated carbocycles. The lowest BCUT2D eigenvalue weighted by molar-refractivity contribution is 0.180. The topological polar surface area (TPSA) is 78.8 Å². The average molecular weight is 405 g/mol. The summed E-state index contributed by atoms with van der Waals surface area (Å²) in [5.41, 5.74) is 2.92. The highest BCUT2D eigenvalue weighted by Gasteiger charge is 2.09. The predicted octanol–water partition coefficient (Wildman–Crippen LogP) is 3.97. The summed E-state index contributed by atoms with van der Waals surface area (Å²) in [4.78, 5) is 8.65. The number of nitrogens with zero attached hydrogens (tertiary/aromatic N) is 2. The number of pyridine rings is 1. The number of aryl methyl sites for hydroxylation is 1. The number of benzene rings is 2. The van der Waals surface area contributed by atoms with Gasteiger partial charge in [-0.15, -0.1) is 0 Å². The molecule has 0 aliphatic rings. The maximum absolute atomic E-state index is 10.4. The molecule has 3 rings (SSSR count). The van der Waals surface area contributed by atoms with Gasteiger partial charge in [0.05, 0.1) is 12.6 Å². The van der Waals surface area contributed by atoms with Gasteiger partial charge in [0.2, 0.25) is 0 Å². The Hall–Kier alpha value is -3.38. The molecule has 6 nitrogen and oxygen atoms in total. The number of ether oxygens (including phenoxy) is 1. The molecule has 3 aromatic rings. The van der Waals surface area contributed by atoms with E-state index in [1.54, 1.807) is 24.5 Å². The number of aromatic nitrogens is 1. The molecule has 0 aliphatic heterocycles. The van der Waals surface area contributed by atoms with Crippen LogP contribution < -0.4 is 15.4 Å². The van der Waals surface area contributed by atoms with Crippen LogP contribution in [0.5, 0.6) is 11.5 Å². The minimum absolute atomic E-state index is 0.344. The zero-order chi connectivity index (χ0) is 21.2. The quantitative estimate of drug-likeness (QED) is 0.391. The van der Waals surface area contributed by atoms with E-state index in [1.807, 2.05) is 56.3 Å². The maximum atomic E-state index is 10.4. The van der Waals surface area contributed by atoms with Crippen molar-refractivity contribution < 1.29 is 9.84 Å². The zero-order valence-electron chi connectivity index (χ0n) is 17.4. The summed E-state index contributed by atoms with van der Waals surface area (Å²) in [6.07, 6.45) is 2.70. The molecular formula is C24H28N4O2. The van der Waals surface area contributed by atoms with Gasteiger partial charge < -0.3 is 20.5 Å². The Morgan fingerprint density at radius 3 is 2.57 bits per heavy atom. The number of aliphatic hydroxyl groups is 1. The van der Waals surface area contributed by atoms with Crippen LogP contribution in [0.15, 0.2) is 78.0 Å². The van der Waals surface area contributed by atoms with E-state index in [0.29, 0.717) is 19.0 Å². The number of aliphatic imine (C=N–C) groups is 1. The van der Waals surface area contributed by atoms with Gasteiger partial charge in [-0.3, -0.25) is 4.98 Å². The van der Waals surface area contributed by atoms with Gasteiger partial charge in [0, 0.05) is 31.0 Å². The molecular weight excluding hydrogens is 376 g/mol. The van der Waals surface area contributed by atoms with Crippen molar-refractivity contribution >= 4 is 5.96 Å². The van der Waals surface area contributed by atoms with Gasteiger partial charge in [0.1, 0.15) is 11.5 Å². The molecule has 0 fully saturated rings. The van der Waals surface area contributed by atoms with E-state index in [-0.39, 0.29) is 0 Å². The van der Waals surface area contributed by atoms with Crippen LogP contribution in [0, 0.1) is 6.92 Å². The summed E-state index contributed by atoms with van der Waals surface area (Å²) in [7, 11) is 0. The van der Waals surface area contributed by atoms with E-state index >= 15 is 0 Å². The van der Waals surface area contributed by atoms with E-state index in [0.717, 1.165) is 34.7 Å². The van der Waals surface area contributed by atoms with Crippen molar-refractivity contribution in [3.05, 3.63) is 89.7 Å². The fourth-order valence-electron chi connectivity index (χ4n) is 2.91. The largest absolute Gasteiger partial charge is 0.457 e. The van der Waals surface area contributed by atoms with Crippen molar-refractivity contribution in [3.8, 4) is 11.5 Å². The first-order valence-electron chi connectivity index (χ1n) is 10.1. The third-order valence-electron chi connectivity index (χ3n) is 4.50. The molecule has 1 unspecified atom stereocenters. The number of hydrogen-bond donors (Lipinski definition) is 3. The van der Waals surface area contributed by atoms with Crippen molar-refractivity contribution in [3.63, 3.8) is 0 Å². The van der Waals surface area contributed by atoms with E-state index in [9.17, 15) is 5.11 Å². The monoisotopic (exact) mass is 404 g/mol. The van der Waals surface area contributed by atoms with E-state index in [4.69, 9.17) is 4.74 Å². The number of nitrogens with one attached hydrogen (secondary N) is 2. The summed E-state index contributed by atoms with van der Waals surface area (Å²) in [5.74, 6) is 2.22. The summed E-state index contributed by atoms with van der Waals surface area (Å²) in [5, 5.41) is 16.8. The van der Waals surface area contributed by atoms with Gasteiger partial charge in [-0.2, -0.15) is 0 Å². The van der Waals surface area contributed by atoms with Gasteiger partial charge in [-0.25, -0.2) is 4.99 Å². The fraction of sp³-hybridized carbons (Fsp3) is 0.250. The number of guanidine groups is 1. The molecule has 0 bridgehead atoms. The van der Waals surface area contributed by atoms with Crippen LogP contribution in [0.1, 0.15) is 29.7 Å². The second kappa shape index (κ2) is 11.0. The van der Waals surface area contributed by atoms with E-state index < -0.39 is 6.10 Å². The number of rotatable bonds is 8. The summed E-state index contributed by atoms with van der Waals surface area (Å²) in [6, 6.07) is 19.4. The molecule has 156 valence electrons. The Bertz CT molecular complexity index is 946. The first-order chi connectivity index (χ1) is 14.7. The highest BCUT2D eigenvalue weighted by molar-refractivity contribution is 5.79. The van der Waals surface area contributed by atoms with Crippen LogP contribution in [-0.2, 0) is 6.54 Å². The Morgan fingerprint density at radius 2 is 1.83 bits per heavy atom. The lowest BCUT2D eigenvalue weighted by Gasteiger charge is -2.16. The van der Waals surface area contributed by atoms with Gasteiger partial charge in [-0.05, 0) is 55.3 Å². The highest BCUT2D eigenvalue weighted by Crippen LogP contribution is 2.27. The first-order valence-corrected chi connectivity index (χ1v) is 10.1. The molecule has 3 N–H and O–H groups in total. The van der Waals surface area contributed by atoms with Crippen LogP contribution in [0.4, 0.5) is 0 Å². The zero-order valence-corrected chi connectivity index (χ0v) is 17.4. The third kappa shape index (κ3) is 6.32. The number of para-hydroxylation sites is 1. The molecule has 2 aromatic carbocycles. The lowest BCUT2D eigenvalue weighted by Crippen LogP contribution is -2.39. The van der Waals surface area contributed by atoms with Crippen LogP contribution in [-0.4, -0.2) is 29.1 Å². The van der Waals surface area contributed by atoms with E-state index in [2.05, 4.69) is 26.7 Å².